The number of hydrogen-bond acceptors (Lipinski definition) is 4. The molecular formula is C18H35IN4O3. The maximum atomic E-state index is 12.7. The number of nitrogens with one attached hydrogen (secondary N) is 2. The molecule has 0 bridgehead atoms. The number of amides is 1. The van der Waals surface area contributed by atoms with Crippen molar-refractivity contribution in [2.45, 2.75) is 44.1 Å². The lowest BCUT2D eigenvalue weighted by molar-refractivity contribution is -0.138. The van der Waals surface area contributed by atoms with Crippen molar-refractivity contribution >= 4 is 35.8 Å². The molecule has 0 spiro atoms. The monoisotopic (exact) mass is 482 g/mol. The summed E-state index contributed by atoms with van der Waals surface area (Å²) in [5.74, 6) is 0.937. The number of nitrogens with zero attached hydrogens (tertiary/aromatic N) is 2. The largest absolute Gasteiger partial charge is 0.381 e. The Labute approximate surface area is 174 Å². The van der Waals surface area contributed by atoms with Crippen molar-refractivity contribution in [3.63, 3.8) is 0 Å². The zero-order chi connectivity index (χ0) is 18.3. The third-order valence-electron chi connectivity index (χ3n) is 5.65. The number of rotatable bonds is 6. The average Bonchev–Trinajstić information content (AvgIpc) is 3.12. The van der Waals surface area contributed by atoms with Crippen molar-refractivity contribution in [3.05, 3.63) is 0 Å². The summed E-state index contributed by atoms with van der Waals surface area (Å²) in [6, 6.07) is 0. The highest BCUT2D eigenvalue weighted by molar-refractivity contribution is 14.0. The quantitative estimate of drug-likeness (QED) is 0.342. The molecule has 0 radical (unpaired) electrons. The highest BCUT2D eigenvalue weighted by atomic mass is 127. The second-order valence-corrected chi connectivity index (χ2v) is 7.47. The van der Waals surface area contributed by atoms with Crippen LogP contribution in [0.1, 0.15) is 38.5 Å². The lowest BCUT2D eigenvalue weighted by Crippen LogP contribution is -2.53. The van der Waals surface area contributed by atoms with Crippen LogP contribution in [-0.2, 0) is 14.3 Å². The molecule has 1 saturated heterocycles. The number of carbonyl (C=O) groups is 1. The topological polar surface area (TPSA) is 75.2 Å². The first-order chi connectivity index (χ1) is 12.0. The van der Waals surface area contributed by atoms with E-state index in [1.807, 2.05) is 14.1 Å². The minimum Gasteiger partial charge on any atom is -0.381 e. The third-order valence-corrected chi connectivity index (χ3v) is 5.65. The number of halogens is 1. The lowest BCUT2D eigenvalue weighted by atomic mass is 9.84. The molecule has 2 rings (SSSR count). The highest BCUT2D eigenvalue weighted by Crippen LogP contribution is 2.38. The summed E-state index contributed by atoms with van der Waals surface area (Å²) in [5, 5.41) is 6.75. The third kappa shape index (κ3) is 5.69. The van der Waals surface area contributed by atoms with Crippen molar-refractivity contribution in [3.8, 4) is 0 Å². The number of hydrogen-bond donors (Lipinski definition) is 2. The fourth-order valence-corrected chi connectivity index (χ4v) is 3.91. The van der Waals surface area contributed by atoms with Gasteiger partial charge in [0, 0.05) is 67.4 Å². The predicted octanol–water partition coefficient (Wildman–Crippen LogP) is 1.61. The first-order valence-electron chi connectivity index (χ1n) is 9.26. The van der Waals surface area contributed by atoms with Crippen molar-refractivity contribution in [2.75, 3.05) is 54.6 Å². The lowest BCUT2D eigenvalue weighted by Gasteiger charge is -2.36. The van der Waals surface area contributed by atoms with E-state index in [-0.39, 0.29) is 40.9 Å². The molecule has 2 fully saturated rings. The van der Waals surface area contributed by atoms with Crippen molar-refractivity contribution < 1.29 is 14.3 Å². The van der Waals surface area contributed by atoms with Gasteiger partial charge in [0.05, 0.1) is 11.0 Å². The number of guanidine groups is 1. The SMILES string of the molecule is CN=C(NCC1(OC)CCOCC1)NCC1(C(=O)N(C)C)CCCC1.I. The zero-order valence-electron chi connectivity index (χ0n) is 16.6. The van der Waals surface area contributed by atoms with Gasteiger partial charge >= 0.3 is 0 Å². The summed E-state index contributed by atoms with van der Waals surface area (Å²) in [5.41, 5.74) is -0.515. The minimum atomic E-state index is -0.307. The van der Waals surface area contributed by atoms with E-state index in [0.717, 1.165) is 57.7 Å². The molecule has 1 aliphatic carbocycles. The molecule has 0 aromatic carbocycles. The molecule has 1 saturated carbocycles. The summed E-state index contributed by atoms with van der Waals surface area (Å²) in [4.78, 5) is 18.7. The molecule has 0 atom stereocenters. The Hall–Kier alpha value is -0.610. The Balaban J connectivity index is 0.00000338. The number of ether oxygens (including phenoxy) is 2. The molecule has 0 unspecified atom stereocenters. The second kappa shape index (κ2) is 10.7. The van der Waals surface area contributed by atoms with Crippen molar-refractivity contribution in [1.82, 2.24) is 15.5 Å². The zero-order valence-corrected chi connectivity index (χ0v) is 18.9. The average molecular weight is 482 g/mol. The molecule has 152 valence electrons. The fraction of sp³-hybridized carbons (Fsp3) is 0.889. The first kappa shape index (κ1) is 23.4. The Kier molecular flexibility index (Phi) is 9.60. The molecule has 7 nitrogen and oxygen atoms in total. The maximum absolute atomic E-state index is 12.7. The van der Waals surface area contributed by atoms with Gasteiger partial charge in [0.25, 0.3) is 0 Å². The van der Waals surface area contributed by atoms with Crippen LogP contribution >= 0.6 is 24.0 Å². The van der Waals surface area contributed by atoms with Crippen LogP contribution < -0.4 is 10.6 Å². The van der Waals surface area contributed by atoms with Gasteiger partial charge in [-0.15, -0.1) is 24.0 Å². The van der Waals surface area contributed by atoms with Gasteiger partial charge in [0.15, 0.2) is 5.96 Å². The van der Waals surface area contributed by atoms with Crippen LogP contribution in [0.25, 0.3) is 0 Å². The number of methoxy groups -OCH3 is 1. The van der Waals surface area contributed by atoms with Crippen LogP contribution in [0.2, 0.25) is 0 Å². The van der Waals surface area contributed by atoms with Gasteiger partial charge in [-0.3, -0.25) is 9.79 Å². The summed E-state index contributed by atoms with van der Waals surface area (Å²) in [7, 11) is 7.19. The fourth-order valence-electron chi connectivity index (χ4n) is 3.91. The Morgan fingerprint density at radius 2 is 1.69 bits per heavy atom. The molecule has 1 aliphatic heterocycles. The van der Waals surface area contributed by atoms with Crippen molar-refractivity contribution in [2.24, 2.45) is 10.4 Å². The highest BCUT2D eigenvalue weighted by Gasteiger charge is 2.42. The Morgan fingerprint density at radius 1 is 1.12 bits per heavy atom. The maximum Gasteiger partial charge on any atom is 0.230 e. The summed E-state index contributed by atoms with van der Waals surface area (Å²) in [6.45, 7) is 2.75. The van der Waals surface area contributed by atoms with Gasteiger partial charge in [0.2, 0.25) is 5.91 Å². The van der Waals surface area contributed by atoms with Crippen LogP contribution in [0.3, 0.4) is 0 Å². The second-order valence-electron chi connectivity index (χ2n) is 7.47. The van der Waals surface area contributed by atoms with Crippen molar-refractivity contribution in [1.29, 1.82) is 0 Å². The Morgan fingerprint density at radius 3 is 2.19 bits per heavy atom. The van der Waals surface area contributed by atoms with E-state index in [1.165, 1.54) is 0 Å². The summed E-state index contributed by atoms with van der Waals surface area (Å²) >= 11 is 0. The van der Waals surface area contributed by atoms with Gasteiger partial charge in [-0.2, -0.15) is 0 Å². The van der Waals surface area contributed by atoms with Crippen LogP contribution in [0.4, 0.5) is 0 Å². The molecular weight excluding hydrogens is 447 g/mol. The van der Waals surface area contributed by atoms with E-state index in [9.17, 15) is 4.79 Å². The summed E-state index contributed by atoms with van der Waals surface area (Å²) < 4.78 is 11.2. The van der Waals surface area contributed by atoms with Gasteiger partial charge < -0.3 is 25.0 Å². The first-order valence-corrected chi connectivity index (χ1v) is 9.26. The number of carbonyl (C=O) groups excluding carboxylic acids is 1. The van der Waals surface area contributed by atoms with Crippen LogP contribution in [0.5, 0.6) is 0 Å². The van der Waals surface area contributed by atoms with Gasteiger partial charge in [-0.1, -0.05) is 12.8 Å². The molecule has 2 N–H and O–H groups in total. The normalized spacial score (nSPS) is 21.6. The van der Waals surface area contributed by atoms with E-state index < -0.39 is 0 Å². The van der Waals surface area contributed by atoms with E-state index >= 15 is 0 Å². The molecule has 2 aliphatic rings. The summed E-state index contributed by atoms with van der Waals surface area (Å²) in [6.07, 6.45) is 5.84. The standard InChI is InChI=1S/C18H34N4O3.HI/c1-19-16(21-14-18(24-4)9-11-25-12-10-18)20-13-17(7-5-6-8-17)15(23)22(2)3;/h5-14H2,1-4H3,(H2,19,20,21);1H. The molecule has 8 heteroatoms. The minimum absolute atomic E-state index is 0. The smallest absolute Gasteiger partial charge is 0.230 e. The molecule has 26 heavy (non-hydrogen) atoms. The molecule has 1 amide bonds. The van der Waals surface area contributed by atoms with Crippen LogP contribution in [0.15, 0.2) is 4.99 Å². The predicted molar refractivity (Wildman–Crippen MR) is 114 cm³/mol. The number of aliphatic imine (C=N–C) groups is 1. The van der Waals surface area contributed by atoms with E-state index in [2.05, 4.69) is 15.6 Å². The molecule has 0 aromatic heterocycles. The van der Waals surface area contributed by atoms with Crippen LogP contribution in [0, 0.1) is 5.41 Å². The van der Waals surface area contributed by atoms with Gasteiger partial charge in [-0.25, -0.2) is 0 Å². The van der Waals surface area contributed by atoms with Crippen LogP contribution in [-0.4, -0.2) is 76.9 Å². The van der Waals surface area contributed by atoms with E-state index in [4.69, 9.17) is 9.47 Å². The van der Waals surface area contributed by atoms with Gasteiger partial charge in [0.1, 0.15) is 0 Å². The molecule has 1 heterocycles. The molecule has 0 aromatic rings. The Bertz CT molecular complexity index is 473. The van der Waals surface area contributed by atoms with E-state index in [0.29, 0.717) is 13.1 Å². The van der Waals surface area contributed by atoms with Gasteiger partial charge in [-0.05, 0) is 12.8 Å². The van der Waals surface area contributed by atoms with E-state index in [1.54, 1.807) is 19.1 Å².